The molecule has 6 amide bonds. The van der Waals surface area contributed by atoms with Gasteiger partial charge in [-0.25, -0.2) is 4.79 Å². The zero-order valence-corrected chi connectivity index (χ0v) is 30.4. The summed E-state index contributed by atoms with van der Waals surface area (Å²) in [6.45, 7) is 5.78. The Labute approximate surface area is 316 Å². The first-order chi connectivity index (χ1) is 26.4. The van der Waals surface area contributed by atoms with Gasteiger partial charge in [0.25, 0.3) is 17.7 Å². The highest BCUT2D eigenvalue weighted by atomic mass is 16.6. The molecule has 9 rings (SSSR count). The third kappa shape index (κ3) is 6.21. The minimum Gasteiger partial charge on any atom is -0.438 e. The van der Waals surface area contributed by atoms with Gasteiger partial charge in [-0.1, -0.05) is 0 Å². The van der Waals surface area contributed by atoms with Crippen molar-refractivity contribution in [2.45, 2.75) is 43.4 Å². The molecular weight excluding hydrogens is 708 g/mol. The van der Waals surface area contributed by atoms with Gasteiger partial charge in [0.1, 0.15) is 6.04 Å². The smallest absolute Gasteiger partial charge is 0.410 e. The van der Waals surface area contributed by atoms with Gasteiger partial charge in [0.05, 0.1) is 46.8 Å². The number of anilines is 4. The van der Waals surface area contributed by atoms with Crippen LogP contribution >= 0.6 is 0 Å². The molecule has 0 saturated carbocycles. The molecule has 3 aromatic rings. The lowest BCUT2D eigenvalue weighted by molar-refractivity contribution is -0.136. The number of hydrogen-bond acceptors (Lipinski definition) is 12. The number of piperidine rings is 2. The van der Waals surface area contributed by atoms with Crippen molar-refractivity contribution in [2.24, 2.45) is 18.7 Å². The van der Waals surface area contributed by atoms with Crippen molar-refractivity contribution in [3.63, 3.8) is 0 Å². The quantitative estimate of drug-likeness (QED) is 0.266. The Hall–Kier alpha value is -5.97. The van der Waals surface area contributed by atoms with Gasteiger partial charge < -0.3 is 25.6 Å². The molecule has 286 valence electrons. The summed E-state index contributed by atoms with van der Waals surface area (Å²) in [7, 11) is 1.82. The number of carbonyl (C=O) groups excluding carboxylic acids is 6. The summed E-state index contributed by atoms with van der Waals surface area (Å²) in [5, 5.41) is 9.69. The van der Waals surface area contributed by atoms with E-state index in [1.807, 2.05) is 36.3 Å². The highest BCUT2D eigenvalue weighted by molar-refractivity contribution is 6.23. The minimum atomic E-state index is -0.992. The Morgan fingerprint density at radius 1 is 0.964 bits per heavy atom. The maximum absolute atomic E-state index is 13.3. The first-order valence-electron chi connectivity index (χ1n) is 18.7. The van der Waals surface area contributed by atoms with Gasteiger partial charge in [-0.05, 0) is 55.7 Å². The molecule has 0 bridgehead atoms. The van der Waals surface area contributed by atoms with Crippen LogP contribution in [0.3, 0.4) is 0 Å². The fourth-order valence-electron chi connectivity index (χ4n) is 9.04. The number of aromatic nitrogens is 2. The van der Waals surface area contributed by atoms with Crippen molar-refractivity contribution in [1.82, 2.24) is 29.8 Å². The number of carbonyl (C=O) groups is 6. The van der Waals surface area contributed by atoms with Crippen molar-refractivity contribution in [2.75, 3.05) is 67.5 Å². The maximum atomic E-state index is 13.3. The van der Waals surface area contributed by atoms with Gasteiger partial charge in [-0.2, -0.15) is 5.10 Å². The van der Waals surface area contributed by atoms with E-state index in [4.69, 9.17) is 10.5 Å². The standard InChI is InChI=1S/C38H42N10O7/c1-43-17-23(13-40-43)41-30-12-25(5-7-28(30)33(39)50)45-10-2-3-26(18-45)47-21-38(55-37(47)54)19-44(20-38)14-22-15-46(16-22)24-4-6-27-29(11-24)36(53)48(35(27)52)31-8-9-32(49)42-34(31)51/h4-7,11-13,17,22,26,31,41H,2-3,8-10,14-16,18-21H2,1H3,(H2,39,50)(H,42,49,51)/t26-,31+/m1/s1. The second-order valence-corrected chi connectivity index (χ2v) is 15.7. The molecule has 55 heavy (non-hydrogen) atoms. The van der Waals surface area contributed by atoms with Crippen LogP contribution in [0.25, 0.3) is 0 Å². The Bertz CT molecular complexity index is 2140. The number of amides is 6. The van der Waals surface area contributed by atoms with Crippen molar-refractivity contribution in [1.29, 1.82) is 0 Å². The van der Waals surface area contributed by atoms with Gasteiger partial charge in [0.2, 0.25) is 11.8 Å². The second-order valence-electron chi connectivity index (χ2n) is 15.7. The van der Waals surface area contributed by atoms with Crippen molar-refractivity contribution >= 4 is 58.4 Å². The largest absolute Gasteiger partial charge is 0.438 e. The molecule has 6 aliphatic heterocycles. The van der Waals surface area contributed by atoms with Crippen LogP contribution in [-0.2, 0) is 21.4 Å². The van der Waals surface area contributed by atoms with Crippen molar-refractivity contribution < 1.29 is 33.5 Å². The highest BCUT2D eigenvalue weighted by Gasteiger charge is 2.55. The lowest BCUT2D eigenvalue weighted by Crippen LogP contribution is -2.66. The molecule has 0 radical (unpaired) electrons. The highest BCUT2D eigenvalue weighted by Crippen LogP contribution is 2.38. The molecule has 7 heterocycles. The minimum absolute atomic E-state index is 0.00832. The number of nitrogens with zero attached hydrogens (tertiary/aromatic N) is 7. The molecule has 6 aliphatic rings. The number of aryl methyl sites for hydroxylation is 1. The lowest BCUT2D eigenvalue weighted by atomic mass is 9.89. The number of likely N-dealkylation sites (tertiary alicyclic amines) is 1. The van der Waals surface area contributed by atoms with Crippen LogP contribution in [0.5, 0.6) is 0 Å². The van der Waals surface area contributed by atoms with Crippen LogP contribution < -0.4 is 26.2 Å². The van der Waals surface area contributed by atoms with E-state index in [0.717, 1.165) is 61.0 Å². The number of primary amides is 1. The third-order valence-corrected chi connectivity index (χ3v) is 11.7. The van der Waals surface area contributed by atoms with E-state index < -0.39 is 41.2 Å². The summed E-state index contributed by atoms with van der Waals surface area (Å²) in [5.41, 5.74) is 9.20. The van der Waals surface area contributed by atoms with E-state index >= 15 is 0 Å². The Kier molecular flexibility index (Phi) is 8.29. The normalized spacial score (nSPS) is 23.8. The van der Waals surface area contributed by atoms with Crippen LogP contribution in [-0.4, -0.2) is 130 Å². The first kappa shape index (κ1) is 34.8. The monoisotopic (exact) mass is 750 g/mol. The molecule has 0 aliphatic carbocycles. The number of nitrogens with two attached hydrogens (primary N) is 1. The summed E-state index contributed by atoms with van der Waals surface area (Å²) in [5.74, 6) is -2.19. The third-order valence-electron chi connectivity index (χ3n) is 11.7. The van der Waals surface area contributed by atoms with Crippen LogP contribution in [0, 0.1) is 5.92 Å². The Balaban J connectivity index is 0.776. The molecule has 5 fully saturated rings. The summed E-state index contributed by atoms with van der Waals surface area (Å²) < 4.78 is 7.71. The summed E-state index contributed by atoms with van der Waals surface area (Å²) in [4.78, 5) is 85.5. The lowest BCUT2D eigenvalue weighted by Gasteiger charge is -2.50. The van der Waals surface area contributed by atoms with Crippen LogP contribution in [0.4, 0.5) is 27.5 Å². The topological polar surface area (TPSA) is 196 Å². The van der Waals surface area contributed by atoms with Gasteiger partial charge in [0, 0.05) is 82.8 Å². The summed E-state index contributed by atoms with van der Waals surface area (Å²) in [6, 6.07) is 9.76. The van der Waals surface area contributed by atoms with Gasteiger partial charge >= 0.3 is 6.09 Å². The fourth-order valence-corrected chi connectivity index (χ4v) is 9.04. The second kappa shape index (κ2) is 13.1. The molecule has 17 heteroatoms. The number of hydrogen-bond donors (Lipinski definition) is 3. The van der Waals surface area contributed by atoms with Gasteiger partial charge in [-0.15, -0.1) is 0 Å². The zero-order valence-electron chi connectivity index (χ0n) is 30.4. The van der Waals surface area contributed by atoms with Gasteiger partial charge in [0.15, 0.2) is 5.60 Å². The number of imide groups is 2. The maximum Gasteiger partial charge on any atom is 0.410 e. The molecule has 4 N–H and O–H groups in total. The summed E-state index contributed by atoms with van der Waals surface area (Å²) in [6.07, 6.45) is 5.20. The number of nitrogens with one attached hydrogen (secondary N) is 2. The van der Waals surface area contributed by atoms with E-state index in [-0.39, 0.29) is 36.1 Å². The molecule has 17 nitrogen and oxygen atoms in total. The first-order valence-corrected chi connectivity index (χ1v) is 18.7. The number of fused-ring (bicyclic) bond motifs is 1. The Morgan fingerprint density at radius 2 is 1.73 bits per heavy atom. The van der Waals surface area contributed by atoms with Crippen LogP contribution in [0.2, 0.25) is 0 Å². The van der Waals surface area contributed by atoms with E-state index in [2.05, 4.69) is 30.4 Å². The molecule has 1 aromatic heterocycles. The van der Waals surface area contributed by atoms with E-state index in [1.54, 1.807) is 29.1 Å². The number of ether oxygens (including phenoxy) is 1. The van der Waals surface area contributed by atoms with Crippen molar-refractivity contribution in [3.05, 3.63) is 65.5 Å². The predicted molar refractivity (Wildman–Crippen MR) is 198 cm³/mol. The zero-order chi connectivity index (χ0) is 38.2. The number of benzene rings is 2. The number of rotatable bonds is 9. The van der Waals surface area contributed by atoms with Crippen LogP contribution in [0.15, 0.2) is 48.8 Å². The van der Waals surface area contributed by atoms with E-state index in [1.165, 1.54) is 0 Å². The predicted octanol–water partition coefficient (Wildman–Crippen LogP) is 1.28. The Morgan fingerprint density at radius 3 is 2.47 bits per heavy atom. The average molecular weight is 751 g/mol. The fraction of sp³-hybridized carbons (Fsp3) is 0.447. The average Bonchev–Trinajstić information content (AvgIpc) is 3.78. The molecule has 2 aromatic carbocycles. The molecule has 1 spiro atoms. The van der Waals surface area contributed by atoms with Crippen LogP contribution in [0.1, 0.15) is 56.8 Å². The molecular formula is C38H42N10O7. The molecule has 5 saturated heterocycles. The molecule has 2 atom stereocenters. The van der Waals surface area contributed by atoms with E-state index in [0.29, 0.717) is 43.3 Å². The summed E-state index contributed by atoms with van der Waals surface area (Å²) >= 11 is 0. The van der Waals surface area contributed by atoms with E-state index in [9.17, 15) is 28.8 Å². The SMILES string of the molecule is Cn1cc(Nc2cc(N3CCC[C@@H](N4CC5(CN(CC6CN(c7ccc8c(c7)C(=O)N([C@H]7CCC(=O)NC7=O)C8=O)C6)C5)OC4=O)C3)ccc2C(N)=O)cn1. The van der Waals surface area contributed by atoms with Gasteiger partial charge in [-0.3, -0.25) is 48.7 Å². The van der Waals surface area contributed by atoms with Crippen molar-refractivity contribution in [3.8, 4) is 0 Å². The molecule has 0 unspecified atom stereocenters.